The Hall–Kier alpha value is -3.82. The first-order valence-electron chi connectivity index (χ1n) is 10.5. The Morgan fingerprint density at radius 2 is 1.53 bits per heavy atom. The number of thiocarbonyl (C=S) groups is 1. The molecule has 5 rings (SSSR count). The van der Waals surface area contributed by atoms with Crippen molar-refractivity contribution in [2.75, 3.05) is 0 Å². The molecule has 0 fully saturated rings. The van der Waals surface area contributed by atoms with Crippen LogP contribution in [0.3, 0.4) is 0 Å². The molecular weight excluding hydrogens is 412 g/mol. The molecule has 0 N–H and O–H groups in total. The van der Waals surface area contributed by atoms with E-state index in [0.29, 0.717) is 5.75 Å². The van der Waals surface area contributed by atoms with Crippen molar-refractivity contribution in [2.24, 2.45) is 5.92 Å². The zero-order valence-electron chi connectivity index (χ0n) is 17.3. The highest BCUT2D eigenvalue weighted by atomic mass is 32.1. The maximum Gasteiger partial charge on any atom is 0.336 e. The highest BCUT2D eigenvalue weighted by Crippen LogP contribution is 2.25. The summed E-state index contributed by atoms with van der Waals surface area (Å²) >= 11 is 5.64. The van der Waals surface area contributed by atoms with Crippen molar-refractivity contribution in [3.05, 3.63) is 131 Å². The summed E-state index contributed by atoms with van der Waals surface area (Å²) in [6.07, 6.45) is 11.7. The second kappa shape index (κ2) is 8.74. The van der Waals surface area contributed by atoms with Crippen LogP contribution in [0.4, 0.5) is 0 Å². The monoisotopic (exact) mass is 432 g/mol. The molecule has 0 bridgehead atoms. The van der Waals surface area contributed by atoms with Crippen LogP contribution < -0.4 is 15.2 Å². The molecule has 3 heteroatoms. The smallest absolute Gasteiger partial charge is 0.336 e. The van der Waals surface area contributed by atoms with Crippen molar-refractivity contribution in [3.63, 3.8) is 0 Å². The van der Waals surface area contributed by atoms with Crippen LogP contribution in [-0.2, 0) is 4.79 Å². The van der Waals surface area contributed by atoms with E-state index in [-0.39, 0.29) is 5.92 Å². The van der Waals surface area contributed by atoms with Crippen LogP contribution in [0.25, 0.3) is 17.2 Å². The summed E-state index contributed by atoms with van der Waals surface area (Å²) in [5, 5.41) is 1.90. The van der Waals surface area contributed by atoms with Gasteiger partial charge in [0.1, 0.15) is 5.75 Å². The van der Waals surface area contributed by atoms with Crippen molar-refractivity contribution in [1.29, 1.82) is 0 Å². The molecule has 0 aliphatic heterocycles. The van der Waals surface area contributed by atoms with E-state index in [1.165, 1.54) is 0 Å². The fourth-order valence-corrected chi connectivity index (χ4v) is 4.46. The van der Waals surface area contributed by atoms with Crippen molar-refractivity contribution < 1.29 is 9.53 Å². The molecule has 0 heterocycles. The average molecular weight is 433 g/mol. The molecule has 0 amide bonds. The van der Waals surface area contributed by atoms with Crippen molar-refractivity contribution in [2.45, 2.75) is 0 Å². The molecule has 1 unspecified atom stereocenters. The number of carbonyl (C=O) groups is 1. The van der Waals surface area contributed by atoms with Gasteiger partial charge < -0.3 is 4.74 Å². The quantitative estimate of drug-likeness (QED) is 0.257. The number of ether oxygens (including phenoxy) is 1. The lowest BCUT2D eigenvalue weighted by Crippen LogP contribution is -2.37. The molecule has 0 aromatic heterocycles. The Morgan fingerprint density at radius 1 is 0.844 bits per heavy atom. The van der Waals surface area contributed by atoms with E-state index >= 15 is 0 Å². The number of hydrogen-bond acceptors (Lipinski definition) is 3. The van der Waals surface area contributed by atoms with E-state index in [4.69, 9.17) is 17.0 Å². The van der Waals surface area contributed by atoms with Crippen LogP contribution in [0.15, 0.2) is 109 Å². The van der Waals surface area contributed by atoms with Gasteiger partial charge in [0.15, 0.2) is 0 Å². The summed E-state index contributed by atoms with van der Waals surface area (Å²) in [4.78, 5) is 13.9. The molecule has 2 nitrogen and oxygen atoms in total. The molecule has 3 aromatic carbocycles. The molecule has 0 saturated carbocycles. The lowest BCUT2D eigenvalue weighted by atomic mass is 9.85. The molecule has 154 valence electrons. The van der Waals surface area contributed by atoms with Gasteiger partial charge in [0.25, 0.3) is 0 Å². The molecule has 32 heavy (non-hydrogen) atoms. The first-order chi connectivity index (χ1) is 15.7. The number of allylic oxidation sites excluding steroid dienone is 4. The van der Waals surface area contributed by atoms with Gasteiger partial charge >= 0.3 is 5.97 Å². The van der Waals surface area contributed by atoms with Gasteiger partial charge in [0.2, 0.25) is 0 Å². The second-order valence-corrected chi connectivity index (χ2v) is 8.12. The highest BCUT2D eigenvalue weighted by Gasteiger charge is 2.21. The van der Waals surface area contributed by atoms with Gasteiger partial charge in [-0.15, -0.1) is 0 Å². The van der Waals surface area contributed by atoms with Crippen LogP contribution in [-0.4, -0.2) is 10.8 Å². The first-order valence-corrected chi connectivity index (χ1v) is 10.9. The molecule has 3 aromatic rings. The summed E-state index contributed by atoms with van der Waals surface area (Å²) in [5.41, 5.74) is 3.86. The number of hydrogen-bond donors (Lipinski definition) is 0. The van der Waals surface area contributed by atoms with Gasteiger partial charge in [-0.2, -0.15) is 0 Å². The largest absolute Gasteiger partial charge is 0.423 e. The van der Waals surface area contributed by atoms with Gasteiger partial charge in [-0.1, -0.05) is 109 Å². The number of esters is 1. The topological polar surface area (TPSA) is 26.3 Å². The fourth-order valence-electron chi connectivity index (χ4n) is 4.14. The summed E-state index contributed by atoms with van der Waals surface area (Å²) in [7, 11) is 0. The van der Waals surface area contributed by atoms with E-state index < -0.39 is 5.97 Å². The SMILES string of the molecule is O=C(C=C(c1ccccc1)c1ccccc1)Oc1cccc2c1=CC(=S)C1C=CC=CC=21. The average Bonchev–Trinajstić information content (AvgIpc) is 2.84. The van der Waals surface area contributed by atoms with E-state index in [1.807, 2.05) is 97.1 Å². The zero-order valence-corrected chi connectivity index (χ0v) is 18.1. The fraction of sp³-hybridized carbons (Fsp3) is 0.0345. The third-order valence-corrected chi connectivity index (χ3v) is 6.01. The van der Waals surface area contributed by atoms with Gasteiger partial charge in [0.05, 0.1) is 0 Å². The molecule has 0 spiro atoms. The minimum Gasteiger partial charge on any atom is -0.423 e. The van der Waals surface area contributed by atoms with Gasteiger partial charge in [-0.25, -0.2) is 4.79 Å². The number of fused-ring (bicyclic) bond motifs is 2. The van der Waals surface area contributed by atoms with Crippen LogP contribution in [0.2, 0.25) is 0 Å². The molecule has 2 aliphatic carbocycles. The highest BCUT2D eigenvalue weighted by molar-refractivity contribution is 7.81. The minimum atomic E-state index is -0.424. The van der Waals surface area contributed by atoms with E-state index in [9.17, 15) is 4.79 Å². The van der Waals surface area contributed by atoms with E-state index in [0.717, 1.165) is 37.6 Å². The molecule has 0 saturated heterocycles. The van der Waals surface area contributed by atoms with E-state index in [2.05, 4.69) is 12.2 Å². The normalized spacial score (nSPS) is 15.9. The van der Waals surface area contributed by atoms with Crippen LogP contribution in [0.5, 0.6) is 5.75 Å². The van der Waals surface area contributed by atoms with Gasteiger partial charge in [0, 0.05) is 22.1 Å². The van der Waals surface area contributed by atoms with Crippen molar-refractivity contribution >= 4 is 40.3 Å². The van der Waals surface area contributed by atoms with Crippen LogP contribution in [0.1, 0.15) is 11.1 Å². The Labute approximate surface area is 192 Å². The Bertz CT molecular complexity index is 1370. The van der Waals surface area contributed by atoms with Crippen molar-refractivity contribution in [1.82, 2.24) is 0 Å². The minimum absolute atomic E-state index is 0.0936. The van der Waals surface area contributed by atoms with Gasteiger partial charge in [-0.05, 0) is 39.6 Å². The molecule has 1 atom stereocenters. The maximum absolute atomic E-state index is 13.0. The first kappa shape index (κ1) is 20.1. The Balaban J connectivity index is 1.56. The standard InChI is InChI=1S/C29H20O2S/c30-29(19-25(20-10-3-1-4-11-20)21-12-5-2-6-13-21)31-27-17-9-16-23-22-14-7-8-15-24(22)28(32)18-26(23)27/h1-19,24H. The van der Waals surface area contributed by atoms with E-state index in [1.54, 1.807) is 6.08 Å². The summed E-state index contributed by atoms with van der Waals surface area (Å²) < 4.78 is 5.85. The molecule has 0 radical (unpaired) electrons. The zero-order chi connectivity index (χ0) is 21.9. The lowest BCUT2D eigenvalue weighted by molar-refractivity contribution is -0.129. The van der Waals surface area contributed by atoms with Crippen LogP contribution in [0, 0.1) is 5.92 Å². The molecular formula is C29H20O2S. The Kier molecular flexibility index (Phi) is 5.49. The number of carbonyl (C=O) groups excluding carboxylic acids is 1. The second-order valence-electron chi connectivity index (χ2n) is 7.65. The third-order valence-electron chi connectivity index (χ3n) is 5.64. The summed E-state index contributed by atoms with van der Waals surface area (Å²) in [6, 6.07) is 25.5. The summed E-state index contributed by atoms with van der Waals surface area (Å²) in [6.45, 7) is 0. The lowest BCUT2D eigenvalue weighted by Gasteiger charge is -2.21. The van der Waals surface area contributed by atoms with Crippen molar-refractivity contribution in [3.8, 4) is 5.75 Å². The maximum atomic E-state index is 13.0. The van der Waals surface area contributed by atoms with Crippen LogP contribution >= 0.6 is 12.2 Å². The predicted molar refractivity (Wildman–Crippen MR) is 134 cm³/mol. The summed E-state index contributed by atoms with van der Waals surface area (Å²) in [5.74, 6) is 0.184. The molecule has 2 aliphatic rings. The Morgan fingerprint density at radius 3 is 2.22 bits per heavy atom. The predicted octanol–water partition coefficient (Wildman–Crippen LogP) is 4.78. The number of rotatable bonds is 4. The number of benzene rings is 3. The third kappa shape index (κ3) is 3.91. The van der Waals surface area contributed by atoms with Gasteiger partial charge in [-0.3, -0.25) is 0 Å².